The van der Waals surface area contributed by atoms with Gasteiger partial charge in [-0.3, -0.25) is 19.7 Å². The van der Waals surface area contributed by atoms with Crippen LogP contribution in [0, 0.1) is 0 Å². The topological polar surface area (TPSA) is 65.1 Å². The molecule has 1 N–H and O–H groups in total. The van der Waals surface area contributed by atoms with Crippen molar-refractivity contribution in [2.24, 2.45) is 0 Å². The van der Waals surface area contributed by atoms with Gasteiger partial charge >= 0.3 is 0 Å². The molecular weight excluding hydrogens is 418 g/mol. The Kier molecular flexibility index (Phi) is 5.25. The Morgan fingerprint density at radius 2 is 2.07 bits per heavy atom. The maximum absolute atomic E-state index is 12.7. The summed E-state index contributed by atoms with van der Waals surface area (Å²) in [6, 6.07) is 13.9. The third-order valence-corrected chi connectivity index (χ3v) is 6.51. The molecule has 0 spiro atoms. The lowest BCUT2D eigenvalue weighted by molar-refractivity contribution is -0.137. The lowest BCUT2D eigenvalue weighted by atomic mass is 10.2. The summed E-state index contributed by atoms with van der Waals surface area (Å²) < 4.78 is 0.755. The summed E-state index contributed by atoms with van der Waals surface area (Å²) in [5, 5.41) is 1.07. The average molecular weight is 438 g/mol. The number of nitrogens with zero attached hydrogens (tertiary/aromatic N) is 4. The van der Waals surface area contributed by atoms with Gasteiger partial charge in [0.1, 0.15) is 0 Å². The first-order chi connectivity index (χ1) is 14.6. The molecular formula is C22H20ClN5OS. The van der Waals surface area contributed by atoms with E-state index >= 15 is 0 Å². The van der Waals surface area contributed by atoms with Gasteiger partial charge < -0.3 is 9.88 Å². The average Bonchev–Trinajstić information content (AvgIpc) is 3.36. The molecule has 5 heterocycles. The standard InChI is InChI=1S/C22H20ClN5OS/c23-21-5-4-20(30-21)19-3-1-2-16(25-19)12-27-8-9-28(22(29)14-27)13-17-10-15-11-24-7-6-18(15)26-17/h1-7,10-11,26H,8-9,12-14H2. The first-order valence-electron chi connectivity index (χ1n) is 9.77. The largest absolute Gasteiger partial charge is 0.357 e. The summed E-state index contributed by atoms with van der Waals surface area (Å²) in [6.45, 7) is 3.17. The number of amides is 1. The number of pyridine rings is 2. The minimum absolute atomic E-state index is 0.138. The number of aromatic nitrogens is 3. The van der Waals surface area contributed by atoms with Crippen molar-refractivity contribution < 1.29 is 4.79 Å². The van der Waals surface area contributed by atoms with Crippen LogP contribution in [0.25, 0.3) is 21.5 Å². The van der Waals surface area contributed by atoms with E-state index in [0.29, 0.717) is 26.2 Å². The molecule has 1 amide bonds. The number of hydrogen-bond donors (Lipinski definition) is 1. The van der Waals surface area contributed by atoms with E-state index in [1.54, 1.807) is 6.20 Å². The molecule has 30 heavy (non-hydrogen) atoms. The van der Waals surface area contributed by atoms with Crippen LogP contribution in [0.5, 0.6) is 0 Å². The predicted molar refractivity (Wildman–Crippen MR) is 119 cm³/mol. The number of halogens is 1. The number of hydrogen-bond acceptors (Lipinski definition) is 5. The molecule has 0 aliphatic carbocycles. The van der Waals surface area contributed by atoms with Gasteiger partial charge in [-0.25, -0.2) is 0 Å². The summed E-state index contributed by atoms with van der Waals surface area (Å²) in [5.74, 6) is 0.138. The SMILES string of the molecule is O=C1CN(Cc2cccc(-c3ccc(Cl)s3)n2)CCN1Cc1cc2cnccc2[nH]1. The van der Waals surface area contributed by atoms with Crippen LogP contribution in [0.1, 0.15) is 11.4 Å². The van der Waals surface area contributed by atoms with Crippen LogP contribution in [-0.2, 0) is 17.9 Å². The molecule has 5 rings (SSSR count). The van der Waals surface area contributed by atoms with E-state index in [1.807, 2.05) is 47.5 Å². The molecule has 1 saturated heterocycles. The zero-order valence-corrected chi connectivity index (χ0v) is 17.8. The summed E-state index contributed by atoms with van der Waals surface area (Å²) in [5.41, 5.74) is 3.96. The smallest absolute Gasteiger partial charge is 0.237 e. The Bertz CT molecular complexity index is 1170. The molecule has 0 bridgehead atoms. The predicted octanol–water partition coefficient (Wildman–Crippen LogP) is 4.18. The van der Waals surface area contributed by atoms with Crippen LogP contribution in [-0.4, -0.2) is 50.3 Å². The quantitative estimate of drug-likeness (QED) is 0.508. The third-order valence-electron chi connectivity index (χ3n) is 5.25. The van der Waals surface area contributed by atoms with E-state index in [9.17, 15) is 4.79 Å². The van der Waals surface area contributed by atoms with E-state index in [1.165, 1.54) is 11.3 Å². The lowest BCUT2D eigenvalue weighted by Gasteiger charge is -2.34. The summed E-state index contributed by atoms with van der Waals surface area (Å²) in [4.78, 5) is 30.1. The van der Waals surface area contributed by atoms with Gasteiger partial charge in [0, 0.05) is 48.6 Å². The van der Waals surface area contributed by atoms with Crippen molar-refractivity contribution in [2.75, 3.05) is 19.6 Å². The van der Waals surface area contributed by atoms with Gasteiger partial charge in [0.05, 0.1) is 33.7 Å². The van der Waals surface area contributed by atoms with Crippen molar-refractivity contribution in [1.29, 1.82) is 0 Å². The zero-order chi connectivity index (χ0) is 20.5. The van der Waals surface area contributed by atoms with E-state index in [2.05, 4.69) is 20.9 Å². The second kappa shape index (κ2) is 8.18. The van der Waals surface area contributed by atoms with Gasteiger partial charge in [0.25, 0.3) is 0 Å². The van der Waals surface area contributed by atoms with Gasteiger partial charge in [-0.1, -0.05) is 17.7 Å². The molecule has 8 heteroatoms. The second-order valence-corrected chi connectivity index (χ2v) is 9.12. The number of thiophene rings is 1. The van der Waals surface area contributed by atoms with Crippen molar-refractivity contribution in [3.05, 3.63) is 70.6 Å². The van der Waals surface area contributed by atoms with Crippen molar-refractivity contribution in [3.8, 4) is 10.6 Å². The van der Waals surface area contributed by atoms with E-state index < -0.39 is 0 Å². The van der Waals surface area contributed by atoms with Gasteiger partial charge in [-0.2, -0.15) is 0 Å². The highest BCUT2D eigenvalue weighted by Gasteiger charge is 2.24. The highest BCUT2D eigenvalue weighted by Crippen LogP contribution is 2.30. The van der Waals surface area contributed by atoms with Gasteiger partial charge in [-0.15, -0.1) is 11.3 Å². The summed E-state index contributed by atoms with van der Waals surface area (Å²) in [6.07, 6.45) is 3.60. The molecule has 0 aromatic carbocycles. The van der Waals surface area contributed by atoms with Crippen LogP contribution in [0.15, 0.2) is 54.9 Å². The van der Waals surface area contributed by atoms with Crippen molar-refractivity contribution >= 4 is 39.7 Å². The van der Waals surface area contributed by atoms with Crippen LogP contribution in [0.3, 0.4) is 0 Å². The minimum atomic E-state index is 0.138. The second-order valence-electron chi connectivity index (χ2n) is 7.40. The highest BCUT2D eigenvalue weighted by molar-refractivity contribution is 7.19. The highest BCUT2D eigenvalue weighted by atomic mass is 35.5. The summed E-state index contributed by atoms with van der Waals surface area (Å²) >= 11 is 7.57. The van der Waals surface area contributed by atoms with Gasteiger partial charge in [0.2, 0.25) is 5.91 Å². The van der Waals surface area contributed by atoms with Crippen LogP contribution in [0.4, 0.5) is 0 Å². The van der Waals surface area contributed by atoms with Crippen LogP contribution in [0.2, 0.25) is 4.34 Å². The van der Waals surface area contributed by atoms with E-state index in [-0.39, 0.29) is 5.91 Å². The maximum atomic E-state index is 12.7. The fraction of sp³-hybridized carbons (Fsp3) is 0.227. The fourth-order valence-electron chi connectivity index (χ4n) is 3.77. The van der Waals surface area contributed by atoms with Crippen molar-refractivity contribution in [1.82, 2.24) is 24.8 Å². The number of aromatic amines is 1. The molecule has 6 nitrogen and oxygen atoms in total. The number of nitrogens with one attached hydrogen (secondary N) is 1. The van der Waals surface area contributed by atoms with Gasteiger partial charge in [0.15, 0.2) is 0 Å². The Morgan fingerprint density at radius 1 is 1.13 bits per heavy atom. The number of carbonyl (C=O) groups is 1. The van der Waals surface area contributed by atoms with Crippen molar-refractivity contribution in [3.63, 3.8) is 0 Å². The van der Waals surface area contributed by atoms with Crippen molar-refractivity contribution in [2.45, 2.75) is 13.1 Å². The first-order valence-corrected chi connectivity index (χ1v) is 11.0. The number of carbonyl (C=O) groups excluding carboxylic acids is 1. The van der Waals surface area contributed by atoms with E-state index in [0.717, 1.165) is 43.7 Å². The molecule has 152 valence electrons. The monoisotopic (exact) mass is 437 g/mol. The zero-order valence-electron chi connectivity index (χ0n) is 16.2. The fourth-order valence-corrected chi connectivity index (χ4v) is 4.78. The number of piperazine rings is 1. The van der Waals surface area contributed by atoms with Crippen LogP contribution < -0.4 is 0 Å². The van der Waals surface area contributed by atoms with Crippen LogP contribution >= 0.6 is 22.9 Å². The Hall–Kier alpha value is -2.74. The summed E-state index contributed by atoms with van der Waals surface area (Å²) in [7, 11) is 0. The molecule has 4 aromatic rings. The van der Waals surface area contributed by atoms with E-state index in [4.69, 9.17) is 16.6 Å². The molecule has 4 aromatic heterocycles. The van der Waals surface area contributed by atoms with Gasteiger partial charge in [-0.05, 0) is 36.4 Å². The Labute approximate surface area is 183 Å². The molecule has 0 unspecified atom stereocenters. The number of H-pyrrole nitrogens is 1. The third kappa shape index (κ3) is 4.09. The lowest BCUT2D eigenvalue weighted by Crippen LogP contribution is -2.49. The molecule has 1 aliphatic rings. The maximum Gasteiger partial charge on any atom is 0.237 e. The molecule has 1 fully saturated rings. The Morgan fingerprint density at radius 3 is 2.87 bits per heavy atom. The number of fused-ring (bicyclic) bond motifs is 1. The Balaban J connectivity index is 1.22. The normalized spacial score (nSPS) is 15.2. The minimum Gasteiger partial charge on any atom is -0.357 e. The number of rotatable bonds is 5. The molecule has 0 radical (unpaired) electrons. The molecule has 0 saturated carbocycles. The molecule has 0 atom stereocenters. The molecule has 1 aliphatic heterocycles. The first kappa shape index (κ1) is 19.2.